The van der Waals surface area contributed by atoms with Crippen LogP contribution in [-0.4, -0.2) is 59.2 Å². The number of alkyl carbamates (subject to hydrolysis) is 1. The van der Waals surface area contributed by atoms with Gasteiger partial charge in [-0.3, -0.25) is 19.7 Å². The van der Waals surface area contributed by atoms with Gasteiger partial charge in [-0.1, -0.05) is 149 Å². The molecule has 4 unspecified atom stereocenters. The van der Waals surface area contributed by atoms with E-state index in [2.05, 4.69) is 26.6 Å². The maximum Gasteiger partial charge on any atom is 0.408 e. The van der Waals surface area contributed by atoms with Gasteiger partial charge >= 0.3 is 6.09 Å². The molecule has 0 saturated heterocycles. The molecule has 292 valence electrons. The summed E-state index contributed by atoms with van der Waals surface area (Å²) < 4.78 is 5.40. The second kappa shape index (κ2) is 22.0. The highest BCUT2D eigenvalue weighted by atomic mass is 16.5. The number of nitrogens with one attached hydrogen (secondary N) is 5. The molecule has 0 spiro atoms. The van der Waals surface area contributed by atoms with Gasteiger partial charge in [0.25, 0.3) is 0 Å². The van der Waals surface area contributed by atoms with Crippen molar-refractivity contribution in [1.29, 1.82) is 0 Å². The zero-order valence-electron chi connectivity index (χ0n) is 32.1. The van der Waals surface area contributed by atoms with Crippen molar-refractivity contribution in [1.82, 2.24) is 26.6 Å². The van der Waals surface area contributed by atoms with Crippen molar-refractivity contribution in [2.24, 2.45) is 11.8 Å². The molecule has 0 fully saturated rings. The molecule has 0 radical (unpaired) electrons. The van der Waals surface area contributed by atoms with Gasteiger partial charge in [0, 0.05) is 13.1 Å². The van der Waals surface area contributed by atoms with Crippen molar-refractivity contribution >= 4 is 23.8 Å². The SMILES string of the molecule is CC(C)C[C@H](NC(=O)C(NCc1ccccc1)C(O)C(Cc1ccccc1)NC(=O)C(NC(=O)OCc1ccccc1)C(C)C)C(=O)NCc1ccccc1. The maximum absolute atomic E-state index is 14.3. The minimum atomic E-state index is -1.47. The summed E-state index contributed by atoms with van der Waals surface area (Å²) in [7, 11) is 0. The molecule has 11 heteroatoms. The van der Waals surface area contributed by atoms with Gasteiger partial charge < -0.3 is 31.1 Å². The van der Waals surface area contributed by atoms with Gasteiger partial charge in [-0.05, 0) is 46.9 Å². The van der Waals surface area contributed by atoms with E-state index in [0.717, 1.165) is 22.3 Å². The van der Waals surface area contributed by atoms with Gasteiger partial charge in [-0.15, -0.1) is 0 Å². The second-order valence-corrected chi connectivity index (χ2v) is 14.5. The van der Waals surface area contributed by atoms with Crippen LogP contribution in [0.5, 0.6) is 0 Å². The zero-order valence-corrected chi connectivity index (χ0v) is 32.1. The predicted molar refractivity (Wildman–Crippen MR) is 213 cm³/mol. The Morgan fingerprint density at radius 1 is 0.582 bits per heavy atom. The summed E-state index contributed by atoms with van der Waals surface area (Å²) in [6.45, 7) is 8.05. The number of ether oxygens (including phenoxy) is 1. The number of carbonyl (C=O) groups excluding carboxylic acids is 4. The van der Waals surface area contributed by atoms with Gasteiger partial charge in [-0.25, -0.2) is 4.79 Å². The van der Waals surface area contributed by atoms with Crippen LogP contribution < -0.4 is 26.6 Å². The van der Waals surface area contributed by atoms with Gasteiger partial charge in [0.2, 0.25) is 17.7 Å². The Kier molecular flexibility index (Phi) is 16.9. The van der Waals surface area contributed by atoms with Gasteiger partial charge in [0.05, 0.1) is 12.1 Å². The molecule has 11 nitrogen and oxygen atoms in total. The zero-order chi connectivity index (χ0) is 39.6. The molecule has 55 heavy (non-hydrogen) atoms. The van der Waals surface area contributed by atoms with Gasteiger partial charge in [0.1, 0.15) is 24.7 Å². The average Bonchev–Trinajstić information content (AvgIpc) is 3.19. The smallest absolute Gasteiger partial charge is 0.408 e. The molecular formula is C44H55N5O6. The Labute approximate surface area is 324 Å². The van der Waals surface area contributed by atoms with E-state index in [0.29, 0.717) is 13.0 Å². The van der Waals surface area contributed by atoms with E-state index >= 15 is 0 Å². The number of aliphatic hydroxyl groups excluding tert-OH is 1. The monoisotopic (exact) mass is 749 g/mol. The fourth-order valence-electron chi connectivity index (χ4n) is 6.12. The summed E-state index contributed by atoms with van der Waals surface area (Å²) in [4.78, 5) is 54.7. The first-order valence-electron chi connectivity index (χ1n) is 18.9. The van der Waals surface area contributed by atoms with Crippen LogP contribution in [0, 0.1) is 11.8 Å². The van der Waals surface area contributed by atoms with Crippen LogP contribution in [-0.2, 0) is 45.2 Å². The molecule has 0 saturated carbocycles. The van der Waals surface area contributed by atoms with Crippen LogP contribution in [0.25, 0.3) is 0 Å². The van der Waals surface area contributed by atoms with Crippen molar-refractivity contribution in [3.63, 3.8) is 0 Å². The third-order valence-corrected chi connectivity index (χ3v) is 9.12. The highest BCUT2D eigenvalue weighted by Gasteiger charge is 2.37. The van der Waals surface area contributed by atoms with E-state index in [1.54, 1.807) is 13.8 Å². The number of hydrogen-bond donors (Lipinski definition) is 6. The lowest BCUT2D eigenvalue weighted by atomic mass is 9.93. The Bertz CT molecular complexity index is 1760. The van der Waals surface area contributed by atoms with Gasteiger partial charge in [0.15, 0.2) is 0 Å². The minimum Gasteiger partial charge on any atom is -0.445 e. The fraction of sp³-hybridized carbons (Fsp3) is 0.364. The standard InChI is InChI=1S/C44H55N5O6/c1-30(2)25-37(41(51)46-28-34-21-13-7-14-22-34)48-43(53)39(45-27-33-19-11-6-12-20-33)40(50)36(26-32-17-9-5-10-18-32)47-42(52)38(31(3)4)49-44(54)55-29-35-23-15-8-16-24-35/h5-24,30-31,36-40,45,50H,25-29H2,1-4H3,(H,46,51)(H,47,52)(H,48,53)(H,49,54)/t36?,37-,38?,39?,40?/m0/s1. The Morgan fingerprint density at radius 2 is 1.07 bits per heavy atom. The molecule has 0 aliphatic rings. The van der Waals surface area contributed by atoms with E-state index in [9.17, 15) is 24.3 Å². The number of benzene rings is 4. The van der Waals surface area contributed by atoms with Crippen molar-refractivity contribution < 1.29 is 29.0 Å². The summed E-state index contributed by atoms with van der Waals surface area (Å²) >= 11 is 0. The van der Waals surface area contributed by atoms with Gasteiger partial charge in [-0.2, -0.15) is 0 Å². The number of carbonyl (C=O) groups is 4. The minimum absolute atomic E-state index is 0.0282. The fourth-order valence-corrected chi connectivity index (χ4v) is 6.12. The largest absolute Gasteiger partial charge is 0.445 e. The molecule has 0 aromatic heterocycles. The molecule has 0 aliphatic carbocycles. The van der Waals surface area contributed by atoms with E-state index in [-0.39, 0.29) is 37.3 Å². The van der Waals surface area contributed by atoms with Crippen molar-refractivity contribution in [3.05, 3.63) is 144 Å². The lowest BCUT2D eigenvalue weighted by Crippen LogP contribution is -2.63. The van der Waals surface area contributed by atoms with Crippen molar-refractivity contribution in [3.8, 4) is 0 Å². The van der Waals surface area contributed by atoms with Crippen LogP contribution in [0.4, 0.5) is 4.79 Å². The van der Waals surface area contributed by atoms with Crippen LogP contribution in [0.1, 0.15) is 56.4 Å². The van der Waals surface area contributed by atoms with Crippen LogP contribution in [0.15, 0.2) is 121 Å². The summed E-state index contributed by atoms with van der Waals surface area (Å²) in [5.41, 5.74) is 3.39. The molecule has 6 N–H and O–H groups in total. The van der Waals surface area contributed by atoms with Crippen LogP contribution in [0.2, 0.25) is 0 Å². The predicted octanol–water partition coefficient (Wildman–Crippen LogP) is 5.03. The number of rotatable bonds is 20. The molecule has 4 aromatic rings. The maximum atomic E-state index is 14.3. The average molecular weight is 750 g/mol. The van der Waals surface area contributed by atoms with Crippen molar-refractivity contribution in [2.75, 3.05) is 0 Å². The topological polar surface area (TPSA) is 158 Å². The first kappa shape index (κ1) is 42.2. The molecule has 0 aliphatic heterocycles. The third kappa shape index (κ3) is 14.3. The van der Waals surface area contributed by atoms with E-state index in [4.69, 9.17) is 4.74 Å². The lowest BCUT2D eigenvalue weighted by molar-refractivity contribution is -0.133. The quantitative estimate of drug-likeness (QED) is 0.0740. The summed E-state index contributed by atoms with van der Waals surface area (Å²) in [5.74, 6) is -1.77. The number of hydrogen-bond acceptors (Lipinski definition) is 7. The van der Waals surface area contributed by atoms with Crippen LogP contribution >= 0.6 is 0 Å². The summed E-state index contributed by atoms with van der Waals surface area (Å²) in [6, 6.07) is 33.3. The third-order valence-electron chi connectivity index (χ3n) is 9.12. The molecule has 0 bridgehead atoms. The Balaban J connectivity index is 1.57. The normalized spacial score (nSPS) is 13.9. The first-order chi connectivity index (χ1) is 26.5. The molecule has 0 heterocycles. The highest BCUT2D eigenvalue weighted by Crippen LogP contribution is 2.15. The van der Waals surface area contributed by atoms with Crippen molar-refractivity contribution in [2.45, 2.75) is 90.5 Å². The summed E-state index contributed by atoms with van der Waals surface area (Å²) in [5, 5.41) is 26.9. The summed E-state index contributed by atoms with van der Waals surface area (Å²) in [6.07, 6.45) is -1.71. The highest BCUT2D eigenvalue weighted by molar-refractivity contribution is 5.90. The lowest BCUT2D eigenvalue weighted by Gasteiger charge is -2.33. The van der Waals surface area contributed by atoms with E-state index in [1.165, 1.54) is 0 Å². The number of aliphatic hydroxyl groups is 1. The molecule has 5 atom stereocenters. The van der Waals surface area contributed by atoms with E-state index < -0.39 is 48.2 Å². The molecular weight excluding hydrogens is 695 g/mol. The number of amides is 4. The second-order valence-electron chi connectivity index (χ2n) is 14.5. The Morgan fingerprint density at radius 3 is 1.60 bits per heavy atom. The first-order valence-corrected chi connectivity index (χ1v) is 18.9. The molecule has 4 rings (SSSR count). The molecule has 4 aromatic carbocycles. The Hall–Kier alpha value is -5.52. The molecule has 4 amide bonds. The van der Waals surface area contributed by atoms with Crippen LogP contribution in [0.3, 0.4) is 0 Å². The van der Waals surface area contributed by atoms with E-state index in [1.807, 2.05) is 135 Å².